The molecule has 12 rings (SSSR count). The summed E-state index contributed by atoms with van der Waals surface area (Å²) < 4.78 is 4.88. The minimum Gasteiger partial charge on any atom is -0.309 e. The van der Waals surface area contributed by atoms with E-state index >= 15 is 0 Å². The third-order valence-electron chi connectivity index (χ3n) is 12.9. The molecule has 0 unspecified atom stereocenters. The topological polar surface area (TPSA) is 9.86 Å². The van der Waals surface area contributed by atoms with Crippen LogP contribution in [0.2, 0.25) is 13.1 Å². The van der Waals surface area contributed by atoms with Crippen molar-refractivity contribution in [2.24, 2.45) is 0 Å². The van der Waals surface area contributed by atoms with Gasteiger partial charge in [-0.05, 0) is 106 Å². The van der Waals surface area contributed by atoms with Crippen LogP contribution >= 0.6 is 0 Å². The van der Waals surface area contributed by atoms with Crippen molar-refractivity contribution in [2.45, 2.75) is 25.9 Å². The van der Waals surface area contributed by atoms with Gasteiger partial charge in [0.2, 0.25) is 0 Å². The normalized spacial score (nSPS) is 13.1. The van der Waals surface area contributed by atoms with E-state index in [4.69, 9.17) is 0 Å². The van der Waals surface area contributed by atoms with Gasteiger partial charge in [0.15, 0.2) is 0 Å². The Kier molecular flexibility index (Phi) is 6.36. The molecule has 2 aliphatic rings. The number of rotatable bonds is 4. The number of benzene rings is 8. The molecule has 0 atom stereocenters. The first-order valence-corrected chi connectivity index (χ1v) is 22.5. The second kappa shape index (κ2) is 11.3. The van der Waals surface area contributed by atoms with Crippen LogP contribution in [0, 0.1) is 0 Å². The van der Waals surface area contributed by atoms with E-state index in [0.29, 0.717) is 0 Å². The number of para-hydroxylation sites is 4. The smallest absolute Gasteiger partial charge is 0.112 e. The van der Waals surface area contributed by atoms with Gasteiger partial charge in [-0.1, -0.05) is 145 Å². The van der Waals surface area contributed by atoms with E-state index in [-0.39, 0.29) is 0 Å². The van der Waals surface area contributed by atoms with Gasteiger partial charge in [-0.25, -0.2) is 0 Å². The molecule has 0 radical (unpaired) electrons. The van der Waals surface area contributed by atoms with Crippen LogP contribution in [0.3, 0.4) is 0 Å². The molecule has 2 heterocycles. The summed E-state index contributed by atoms with van der Waals surface area (Å²) in [7, 11) is -2.07. The van der Waals surface area contributed by atoms with Crippen LogP contribution in [0.15, 0.2) is 170 Å². The lowest BCUT2D eigenvalue weighted by Gasteiger charge is -2.25. The van der Waals surface area contributed by atoms with Crippen molar-refractivity contribution in [3.63, 3.8) is 0 Å². The molecule has 55 heavy (non-hydrogen) atoms. The molecule has 0 amide bonds. The Morgan fingerprint density at radius 1 is 0.382 bits per heavy atom. The van der Waals surface area contributed by atoms with Crippen LogP contribution in [-0.2, 0) is 12.8 Å². The Balaban J connectivity index is 0.963. The molecule has 0 bridgehead atoms. The Bertz CT molecular complexity index is 3000. The largest absolute Gasteiger partial charge is 0.309 e. The lowest BCUT2D eigenvalue weighted by Crippen LogP contribution is -2.52. The number of hydrogen-bond acceptors (Lipinski definition) is 0. The quantitative estimate of drug-likeness (QED) is 0.160. The lowest BCUT2D eigenvalue weighted by atomic mass is 10.0. The molecule has 260 valence electrons. The zero-order chi connectivity index (χ0) is 36.4. The maximum absolute atomic E-state index is 2.55. The van der Waals surface area contributed by atoms with Gasteiger partial charge < -0.3 is 9.13 Å². The minimum absolute atomic E-state index is 0.970. The van der Waals surface area contributed by atoms with Crippen molar-refractivity contribution in [1.29, 1.82) is 0 Å². The number of nitrogens with zero attached hydrogens (tertiary/aromatic N) is 2. The SMILES string of the molecule is C[Si](C)(c1ccc2c(c1)-c1ccc3c(c1C2)c1ccccc1n3-c1ccccc1)c1ccc2c(c1)-c1ccc3c(c1C2)c1ccccc1n3-c1ccccc1. The van der Waals surface area contributed by atoms with E-state index in [2.05, 4.69) is 192 Å². The zero-order valence-electron chi connectivity index (χ0n) is 31.0. The predicted molar refractivity (Wildman–Crippen MR) is 235 cm³/mol. The molecule has 0 aliphatic heterocycles. The fourth-order valence-electron chi connectivity index (χ4n) is 10.1. The summed E-state index contributed by atoms with van der Waals surface area (Å²) in [4.78, 5) is 0. The van der Waals surface area contributed by atoms with Gasteiger partial charge in [0, 0.05) is 32.9 Å². The average Bonchev–Trinajstić information content (AvgIpc) is 3.98. The minimum atomic E-state index is -2.07. The number of aromatic nitrogens is 2. The summed E-state index contributed by atoms with van der Waals surface area (Å²) in [5.74, 6) is 0. The summed E-state index contributed by atoms with van der Waals surface area (Å²) in [6.07, 6.45) is 1.94. The highest BCUT2D eigenvalue weighted by molar-refractivity contribution is 7.00. The maximum Gasteiger partial charge on any atom is 0.112 e. The van der Waals surface area contributed by atoms with E-state index in [0.717, 1.165) is 12.8 Å². The van der Waals surface area contributed by atoms with Gasteiger partial charge in [0.05, 0.1) is 22.1 Å². The first-order chi connectivity index (χ1) is 27.0. The van der Waals surface area contributed by atoms with Crippen LogP contribution in [-0.4, -0.2) is 17.2 Å². The second-order valence-electron chi connectivity index (χ2n) is 16.1. The third-order valence-corrected chi connectivity index (χ3v) is 16.4. The molecule has 0 N–H and O–H groups in total. The fourth-order valence-corrected chi connectivity index (χ4v) is 12.5. The molecule has 2 aliphatic carbocycles. The van der Waals surface area contributed by atoms with Crippen molar-refractivity contribution < 1.29 is 0 Å². The molecular weight excluding hydrogens is 681 g/mol. The molecule has 0 fully saturated rings. The Labute approximate surface area is 321 Å². The van der Waals surface area contributed by atoms with Gasteiger partial charge in [-0.15, -0.1) is 0 Å². The van der Waals surface area contributed by atoms with E-state index in [1.54, 1.807) is 0 Å². The number of hydrogen-bond donors (Lipinski definition) is 0. The summed E-state index contributed by atoms with van der Waals surface area (Å²) in [5, 5.41) is 8.44. The Morgan fingerprint density at radius 2 is 0.800 bits per heavy atom. The molecule has 0 saturated heterocycles. The molecule has 2 nitrogen and oxygen atoms in total. The van der Waals surface area contributed by atoms with Crippen LogP contribution in [0.25, 0.3) is 77.2 Å². The van der Waals surface area contributed by atoms with Gasteiger partial charge in [0.25, 0.3) is 0 Å². The van der Waals surface area contributed by atoms with Gasteiger partial charge in [0.1, 0.15) is 8.07 Å². The van der Waals surface area contributed by atoms with Crippen molar-refractivity contribution in [3.05, 3.63) is 192 Å². The molecule has 8 aromatic carbocycles. The van der Waals surface area contributed by atoms with Crippen molar-refractivity contribution in [2.75, 3.05) is 0 Å². The van der Waals surface area contributed by atoms with E-state index in [9.17, 15) is 0 Å². The average molecular weight is 719 g/mol. The standard InChI is InChI=1S/C52H38N2Si/c1-55(2,37-23-21-33-29-45-39(43(33)31-37)25-27-49-51(45)41-17-9-11-19-47(41)53(49)35-13-5-3-6-14-35)38-24-22-34-30-46-40(44(34)32-38)26-28-50-52(46)42-18-10-12-20-48(42)54(50)36-15-7-4-8-16-36/h3-28,31-32H,29-30H2,1-2H3. The summed E-state index contributed by atoms with van der Waals surface area (Å²) >= 11 is 0. The van der Waals surface area contributed by atoms with Crippen LogP contribution in [0.1, 0.15) is 22.3 Å². The highest BCUT2D eigenvalue weighted by atomic mass is 28.3. The van der Waals surface area contributed by atoms with E-state index in [1.807, 2.05) is 0 Å². The van der Waals surface area contributed by atoms with Gasteiger partial charge >= 0.3 is 0 Å². The van der Waals surface area contributed by atoms with Crippen LogP contribution < -0.4 is 10.4 Å². The predicted octanol–water partition coefficient (Wildman–Crippen LogP) is 11.8. The molecule has 0 spiro atoms. The zero-order valence-corrected chi connectivity index (χ0v) is 32.0. The first kappa shape index (κ1) is 31.0. The first-order valence-electron chi connectivity index (χ1n) is 19.5. The van der Waals surface area contributed by atoms with Crippen molar-refractivity contribution in [1.82, 2.24) is 9.13 Å². The number of fused-ring (bicyclic) bond motifs is 14. The highest BCUT2D eigenvalue weighted by Crippen LogP contribution is 2.46. The summed E-state index contributed by atoms with van der Waals surface area (Å²) in [5.41, 5.74) is 18.9. The van der Waals surface area contributed by atoms with E-state index < -0.39 is 8.07 Å². The Hall–Kier alpha value is -6.42. The molecule has 10 aromatic rings. The lowest BCUT2D eigenvalue weighted by molar-refractivity contribution is 1.18. The maximum atomic E-state index is 2.55. The highest BCUT2D eigenvalue weighted by Gasteiger charge is 2.32. The molecule has 0 saturated carbocycles. The molecule has 2 aromatic heterocycles. The van der Waals surface area contributed by atoms with Gasteiger partial charge in [-0.2, -0.15) is 0 Å². The van der Waals surface area contributed by atoms with E-state index in [1.165, 1.54) is 110 Å². The monoisotopic (exact) mass is 718 g/mol. The fraction of sp³-hybridized carbons (Fsp3) is 0.0769. The second-order valence-corrected chi connectivity index (χ2v) is 20.5. The third kappa shape index (κ3) is 4.30. The molecule has 3 heteroatoms. The van der Waals surface area contributed by atoms with Crippen molar-refractivity contribution >= 4 is 62.1 Å². The molecular formula is C52H38N2Si. The summed E-state index contributed by atoms with van der Waals surface area (Å²) in [6.45, 7) is 5.07. The van der Waals surface area contributed by atoms with Crippen molar-refractivity contribution in [3.8, 4) is 33.6 Å². The van der Waals surface area contributed by atoms with Crippen LogP contribution in [0.4, 0.5) is 0 Å². The van der Waals surface area contributed by atoms with Crippen LogP contribution in [0.5, 0.6) is 0 Å². The summed E-state index contributed by atoms with van der Waals surface area (Å²) in [6, 6.07) is 63.8. The van der Waals surface area contributed by atoms with Gasteiger partial charge in [-0.3, -0.25) is 0 Å². The Morgan fingerprint density at radius 3 is 1.25 bits per heavy atom.